The number of hydrogen-bond acceptors (Lipinski definition) is 2. The molecule has 0 atom stereocenters. The van der Waals surface area contributed by atoms with E-state index in [9.17, 15) is 9.18 Å². The standard InChI is InChI=1S/C13H17FN2O/c1-9-7-11(8-10(2)12(9)14)13(17)16-5-3-15-4-6-16/h7-8,15H,3-6H2,1-2H3. The van der Waals surface area contributed by atoms with Crippen molar-refractivity contribution in [2.75, 3.05) is 26.2 Å². The number of carbonyl (C=O) groups excluding carboxylic acids is 1. The molecule has 0 saturated carbocycles. The van der Waals surface area contributed by atoms with Crippen molar-refractivity contribution in [1.82, 2.24) is 10.2 Å². The fourth-order valence-corrected chi connectivity index (χ4v) is 2.12. The summed E-state index contributed by atoms with van der Waals surface area (Å²) in [7, 11) is 0. The average Bonchev–Trinajstić information content (AvgIpc) is 2.35. The van der Waals surface area contributed by atoms with E-state index in [4.69, 9.17) is 0 Å². The number of benzene rings is 1. The van der Waals surface area contributed by atoms with E-state index in [1.54, 1.807) is 26.0 Å². The quantitative estimate of drug-likeness (QED) is 0.801. The van der Waals surface area contributed by atoms with Crippen molar-refractivity contribution in [2.45, 2.75) is 13.8 Å². The van der Waals surface area contributed by atoms with Crippen LogP contribution in [-0.4, -0.2) is 37.0 Å². The lowest BCUT2D eigenvalue weighted by atomic mass is 10.1. The number of nitrogens with zero attached hydrogens (tertiary/aromatic N) is 1. The van der Waals surface area contributed by atoms with Gasteiger partial charge >= 0.3 is 0 Å². The van der Waals surface area contributed by atoms with Gasteiger partial charge < -0.3 is 10.2 Å². The van der Waals surface area contributed by atoms with Gasteiger partial charge in [0, 0.05) is 31.7 Å². The summed E-state index contributed by atoms with van der Waals surface area (Å²) in [6.45, 7) is 6.46. The Morgan fingerprint density at radius 1 is 1.24 bits per heavy atom. The highest BCUT2D eigenvalue weighted by atomic mass is 19.1. The fraction of sp³-hybridized carbons (Fsp3) is 0.462. The van der Waals surface area contributed by atoms with Crippen molar-refractivity contribution in [2.24, 2.45) is 0 Å². The average molecular weight is 236 g/mol. The Bertz CT molecular complexity index is 416. The van der Waals surface area contributed by atoms with E-state index in [-0.39, 0.29) is 11.7 Å². The Labute approximate surface area is 101 Å². The van der Waals surface area contributed by atoms with E-state index in [1.165, 1.54) is 0 Å². The molecule has 1 heterocycles. The van der Waals surface area contributed by atoms with Gasteiger partial charge in [0.2, 0.25) is 0 Å². The molecular formula is C13H17FN2O. The normalized spacial score (nSPS) is 16.1. The first-order valence-electron chi connectivity index (χ1n) is 5.86. The molecule has 0 bridgehead atoms. The van der Waals surface area contributed by atoms with Crippen LogP contribution in [0.1, 0.15) is 21.5 Å². The summed E-state index contributed by atoms with van der Waals surface area (Å²) in [4.78, 5) is 14.0. The largest absolute Gasteiger partial charge is 0.336 e. The van der Waals surface area contributed by atoms with E-state index in [2.05, 4.69) is 5.32 Å². The van der Waals surface area contributed by atoms with Gasteiger partial charge in [-0.1, -0.05) is 0 Å². The minimum absolute atomic E-state index is 0.00213. The molecule has 17 heavy (non-hydrogen) atoms. The summed E-state index contributed by atoms with van der Waals surface area (Å²) in [6, 6.07) is 3.26. The number of nitrogens with one attached hydrogen (secondary N) is 1. The van der Waals surface area contributed by atoms with Crippen LogP contribution in [0.5, 0.6) is 0 Å². The van der Waals surface area contributed by atoms with E-state index in [0.717, 1.165) is 13.1 Å². The van der Waals surface area contributed by atoms with Gasteiger partial charge in [0.1, 0.15) is 5.82 Å². The second kappa shape index (κ2) is 4.84. The molecule has 0 radical (unpaired) electrons. The highest BCUT2D eigenvalue weighted by molar-refractivity contribution is 5.94. The second-order valence-electron chi connectivity index (χ2n) is 4.47. The maximum absolute atomic E-state index is 13.5. The molecule has 0 spiro atoms. The summed E-state index contributed by atoms with van der Waals surface area (Å²) in [6.07, 6.45) is 0. The molecule has 1 aromatic rings. The topological polar surface area (TPSA) is 32.3 Å². The zero-order valence-corrected chi connectivity index (χ0v) is 10.2. The van der Waals surface area contributed by atoms with Crippen LogP contribution >= 0.6 is 0 Å². The van der Waals surface area contributed by atoms with Gasteiger partial charge in [-0.05, 0) is 37.1 Å². The fourth-order valence-electron chi connectivity index (χ4n) is 2.12. The smallest absolute Gasteiger partial charge is 0.253 e. The molecule has 1 aliphatic rings. The lowest BCUT2D eigenvalue weighted by Crippen LogP contribution is -2.46. The molecule has 1 fully saturated rings. The third-order valence-corrected chi connectivity index (χ3v) is 3.09. The summed E-state index contributed by atoms with van der Waals surface area (Å²) in [5.41, 5.74) is 1.65. The predicted molar refractivity (Wildman–Crippen MR) is 64.6 cm³/mol. The molecule has 1 amide bonds. The summed E-state index contributed by atoms with van der Waals surface area (Å²) in [5.74, 6) is -0.223. The Balaban J connectivity index is 2.24. The van der Waals surface area contributed by atoms with Gasteiger partial charge in [-0.2, -0.15) is 0 Å². The molecule has 1 saturated heterocycles. The van der Waals surface area contributed by atoms with Crippen LogP contribution in [0.2, 0.25) is 0 Å². The molecule has 4 heteroatoms. The monoisotopic (exact) mass is 236 g/mol. The van der Waals surface area contributed by atoms with Crippen molar-refractivity contribution in [3.8, 4) is 0 Å². The number of halogens is 1. The first-order valence-corrected chi connectivity index (χ1v) is 5.86. The van der Waals surface area contributed by atoms with E-state index in [1.807, 2.05) is 4.90 Å². The number of aryl methyl sites for hydroxylation is 2. The van der Waals surface area contributed by atoms with Crippen LogP contribution in [-0.2, 0) is 0 Å². The predicted octanol–water partition coefficient (Wildman–Crippen LogP) is 1.49. The molecular weight excluding hydrogens is 219 g/mol. The zero-order valence-electron chi connectivity index (χ0n) is 10.2. The molecule has 1 aromatic carbocycles. The first-order chi connectivity index (χ1) is 8.09. The second-order valence-corrected chi connectivity index (χ2v) is 4.47. The summed E-state index contributed by atoms with van der Waals surface area (Å²) in [5, 5.41) is 3.20. The van der Waals surface area contributed by atoms with Gasteiger partial charge in [0.05, 0.1) is 0 Å². The SMILES string of the molecule is Cc1cc(C(=O)N2CCNCC2)cc(C)c1F. The maximum atomic E-state index is 13.5. The van der Waals surface area contributed by atoms with Crippen LogP contribution in [0.4, 0.5) is 4.39 Å². The number of hydrogen-bond donors (Lipinski definition) is 1. The van der Waals surface area contributed by atoms with Crippen LogP contribution in [0.25, 0.3) is 0 Å². The lowest BCUT2D eigenvalue weighted by Gasteiger charge is -2.27. The van der Waals surface area contributed by atoms with Crippen LogP contribution < -0.4 is 5.32 Å². The molecule has 3 nitrogen and oxygen atoms in total. The Kier molecular flexibility index (Phi) is 3.43. The molecule has 92 valence electrons. The van der Waals surface area contributed by atoms with E-state index < -0.39 is 0 Å². The van der Waals surface area contributed by atoms with Crippen molar-refractivity contribution < 1.29 is 9.18 Å². The number of carbonyl (C=O) groups is 1. The van der Waals surface area contributed by atoms with Crippen LogP contribution in [0.3, 0.4) is 0 Å². The Hall–Kier alpha value is -1.42. The van der Waals surface area contributed by atoms with Crippen molar-refractivity contribution in [1.29, 1.82) is 0 Å². The lowest BCUT2D eigenvalue weighted by molar-refractivity contribution is 0.0735. The number of amides is 1. The zero-order chi connectivity index (χ0) is 12.4. The molecule has 1 N–H and O–H groups in total. The molecule has 0 aromatic heterocycles. The number of piperazine rings is 1. The Morgan fingerprint density at radius 2 is 1.76 bits per heavy atom. The molecule has 2 rings (SSSR count). The molecule has 0 unspecified atom stereocenters. The van der Waals surface area contributed by atoms with E-state index >= 15 is 0 Å². The molecule has 0 aliphatic carbocycles. The van der Waals surface area contributed by atoms with Gasteiger partial charge in [0.15, 0.2) is 0 Å². The highest BCUT2D eigenvalue weighted by Crippen LogP contribution is 2.16. The first kappa shape index (κ1) is 12.0. The third kappa shape index (κ3) is 2.47. The van der Waals surface area contributed by atoms with E-state index in [0.29, 0.717) is 29.8 Å². The minimum Gasteiger partial charge on any atom is -0.336 e. The Morgan fingerprint density at radius 3 is 2.29 bits per heavy atom. The third-order valence-electron chi connectivity index (χ3n) is 3.09. The van der Waals surface area contributed by atoms with Gasteiger partial charge in [-0.3, -0.25) is 4.79 Å². The van der Waals surface area contributed by atoms with Gasteiger partial charge in [-0.15, -0.1) is 0 Å². The van der Waals surface area contributed by atoms with Gasteiger partial charge in [-0.25, -0.2) is 4.39 Å². The van der Waals surface area contributed by atoms with Crippen molar-refractivity contribution in [3.63, 3.8) is 0 Å². The van der Waals surface area contributed by atoms with Gasteiger partial charge in [0.25, 0.3) is 5.91 Å². The van der Waals surface area contributed by atoms with Crippen LogP contribution in [0.15, 0.2) is 12.1 Å². The highest BCUT2D eigenvalue weighted by Gasteiger charge is 2.19. The minimum atomic E-state index is -0.220. The number of rotatable bonds is 1. The van der Waals surface area contributed by atoms with Crippen molar-refractivity contribution in [3.05, 3.63) is 34.6 Å². The summed E-state index contributed by atoms with van der Waals surface area (Å²) < 4.78 is 13.5. The van der Waals surface area contributed by atoms with Crippen molar-refractivity contribution >= 4 is 5.91 Å². The maximum Gasteiger partial charge on any atom is 0.253 e. The summed E-state index contributed by atoms with van der Waals surface area (Å²) >= 11 is 0. The molecule has 1 aliphatic heterocycles. The van der Waals surface area contributed by atoms with Crippen LogP contribution in [0, 0.1) is 19.7 Å².